The van der Waals surface area contributed by atoms with Crippen LogP contribution < -0.4 is 5.43 Å². The normalized spacial score (nSPS) is 31.7. The fourth-order valence-corrected chi connectivity index (χ4v) is 3.72. The van der Waals surface area contributed by atoms with Crippen molar-refractivity contribution in [2.75, 3.05) is 0 Å². The second-order valence-electron chi connectivity index (χ2n) is 6.78. The number of amides is 1. The van der Waals surface area contributed by atoms with Crippen LogP contribution in [0.5, 0.6) is 0 Å². The Morgan fingerprint density at radius 1 is 1.24 bits per heavy atom. The SMILES string of the molecule is CC1(C)[C@@H]2CC[C@]1(C)C(=O)/C2=N\NC(=O)c1ccccc1. The molecule has 3 rings (SSSR count). The molecule has 0 unspecified atom stereocenters. The first kappa shape index (κ1) is 14.0. The summed E-state index contributed by atoms with van der Waals surface area (Å²) in [4.78, 5) is 24.6. The summed E-state index contributed by atoms with van der Waals surface area (Å²) in [5.41, 5.74) is 3.20. The van der Waals surface area contributed by atoms with Crippen LogP contribution in [0.25, 0.3) is 0 Å². The van der Waals surface area contributed by atoms with Gasteiger partial charge in [-0.3, -0.25) is 9.59 Å². The standard InChI is InChI=1S/C17H20N2O2/c1-16(2)12-9-10-17(16,3)14(20)13(12)18-19-15(21)11-7-5-4-6-8-11/h4-8,12H,9-10H2,1-3H3,(H,19,21)/b18-13-/t12-,17-/m1/s1. The van der Waals surface area contributed by atoms with Crippen molar-refractivity contribution in [1.29, 1.82) is 0 Å². The van der Waals surface area contributed by atoms with E-state index in [-0.39, 0.29) is 28.4 Å². The van der Waals surface area contributed by atoms with E-state index in [1.807, 2.05) is 13.0 Å². The van der Waals surface area contributed by atoms with Gasteiger partial charge in [0.25, 0.3) is 5.91 Å². The molecular formula is C17H20N2O2. The van der Waals surface area contributed by atoms with Gasteiger partial charge in [0, 0.05) is 16.9 Å². The zero-order chi connectivity index (χ0) is 15.3. The van der Waals surface area contributed by atoms with Crippen molar-refractivity contribution < 1.29 is 9.59 Å². The molecule has 0 aromatic heterocycles. The lowest BCUT2D eigenvalue weighted by atomic mass is 9.70. The number of hydrogen-bond donors (Lipinski definition) is 1. The van der Waals surface area contributed by atoms with Crippen LogP contribution in [0.1, 0.15) is 44.0 Å². The fraction of sp³-hybridized carbons (Fsp3) is 0.471. The highest BCUT2D eigenvalue weighted by Crippen LogP contribution is 2.62. The number of Topliss-reactive ketones (excluding diaryl/α,β-unsaturated/α-hetero) is 1. The quantitative estimate of drug-likeness (QED) is 0.849. The second kappa shape index (κ2) is 4.52. The Kier molecular flexibility index (Phi) is 3.01. The Bertz CT molecular complexity index is 633. The van der Waals surface area contributed by atoms with E-state index in [1.165, 1.54) is 0 Å². The van der Waals surface area contributed by atoms with Gasteiger partial charge in [0.1, 0.15) is 5.71 Å². The highest BCUT2D eigenvalue weighted by molar-refractivity contribution is 6.45. The minimum atomic E-state index is -0.339. The van der Waals surface area contributed by atoms with Crippen molar-refractivity contribution in [3.63, 3.8) is 0 Å². The lowest BCUT2D eigenvalue weighted by molar-refractivity contribution is -0.123. The summed E-state index contributed by atoms with van der Waals surface area (Å²) in [5, 5.41) is 4.17. The van der Waals surface area contributed by atoms with Gasteiger partial charge in [0.2, 0.25) is 0 Å². The zero-order valence-corrected chi connectivity index (χ0v) is 12.6. The molecule has 4 nitrogen and oxygen atoms in total. The molecule has 2 atom stereocenters. The van der Waals surface area contributed by atoms with E-state index in [0.29, 0.717) is 11.3 Å². The Labute approximate surface area is 124 Å². The Hall–Kier alpha value is -1.97. The third kappa shape index (κ3) is 1.85. The Morgan fingerprint density at radius 3 is 2.48 bits per heavy atom. The molecule has 0 spiro atoms. The summed E-state index contributed by atoms with van der Waals surface area (Å²) >= 11 is 0. The minimum Gasteiger partial charge on any atom is -0.292 e. The summed E-state index contributed by atoms with van der Waals surface area (Å²) in [5.74, 6) is -0.0372. The molecule has 1 aromatic carbocycles. The van der Waals surface area contributed by atoms with E-state index in [1.54, 1.807) is 24.3 Å². The number of carbonyl (C=O) groups excluding carboxylic acids is 2. The van der Waals surface area contributed by atoms with Crippen molar-refractivity contribution in [2.24, 2.45) is 21.8 Å². The van der Waals surface area contributed by atoms with Crippen LogP contribution in [0.4, 0.5) is 0 Å². The summed E-state index contributed by atoms with van der Waals surface area (Å²) in [7, 11) is 0. The maximum atomic E-state index is 12.6. The van der Waals surface area contributed by atoms with Crippen LogP contribution in [0, 0.1) is 16.7 Å². The molecule has 2 saturated carbocycles. The molecule has 0 radical (unpaired) electrons. The van der Waals surface area contributed by atoms with Crippen LogP contribution in [-0.4, -0.2) is 17.4 Å². The average Bonchev–Trinajstić information content (AvgIpc) is 2.78. The number of benzene rings is 1. The van der Waals surface area contributed by atoms with E-state index >= 15 is 0 Å². The fourth-order valence-electron chi connectivity index (χ4n) is 3.72. The lowest BCUT2D eigenvalue weighted by Gasteiger charge is -2.31. The molecule has 21 heavy (non-hydrogen) atoms. The third-order valence-electron chi connectivity index (χ3n) is 5.60. The van der Waals surface area contributed by atoms with Gasteiger partial charge in [-0.15, -0.1) is 0 Å². The molecule has 0 heterocycles. The highest BCUT2D eigenvalue weighted by Gasteiger charge is 2.65. The van der Waals surface area contributed by atoms with Gasteiger partial charge in [-0.1, -0.05) is 39.0 Å². The molecule has 0 saturated heterocycles. The second-order valence-corrected chi connectivity index (χ2v) is 6.78. The van der Waals surface area contributed by atoms with Crippen LogP contribution in [0.15, 0.2) is 35.4 Å². The summed E-state index contributed by atoms with van der Waals surface area (Å²) in [6.07, 6.45) is 1.88. The van der Waals surface area contributed by atoms with Crippen LogP contribution in [-0.2, 0) is 4.79 Å². The molecule has 4 heteroatoms. The van der Waals surface area contributed by atoms with Crippen molar-refractivity contribution in [3.05, 3.63) is 35.9 Å². The first-order chi connectivity index (χ1) is 9.88. The van der Waals surface area contributed by atoms with Gasteiger partial charge in [-0.2, -0.15) is 5.10 Å². The minimum absolute atomic E-state index is 0.0829. The topological polar surface area (TPSA) is 58.5 Å². The first-order valence-corrected chi connectivity index (χ1v) is 7.36. The number of carbonyl (C=O) groups is 2. The van der Waals surface area contributed by atoms with E-state index in [2.05, 4.69) is 24.4 Å². The molecule has 1 aromatic rings. The molecule has 1 N–H and O–H groups in total. The number of hydrazone groups is 1. The molecule has 2 aliphatic carbocycles. The van der Waals surface area contributed by atoms with Crippen molar-refractivity contribution in [2.45, 2.75) is 33.6 Å². The van der Waals surface area contributed by atoms with E-state index in [4.69, 9.17) is 0 Å². The summed E-state index contributed by atoms with van der Waals surface area (Å²) in [6, 6.07) is 8.90. The summed E-state index contributed by atoms with van der Waals surface area (Å²) in [6.45, 7) is 6.28. The first-order valence-electron chi connectivity index (χ1n) is 7.36. The maximum absolute atomic E-state index is 12.6. The van der Waals surface area contributed by atoms with Gasteiger partial charge >= 0.3 is 0 Å². The Balaban J connectivity index is 1.83. The van der Waals surface area contributed by atoms with Gasteiger partial charge in [0.05, 0.1) is 0 Å². The molecule has 2 bridgehead atoms. The van der Waals surface area contributed by atoms with Crippen molar-refractivity contribution in [3.8, 4) is 0 Å². The van der Waals surface area contributed by atoms with Crippen molar-refractivity contribution >= 4 is 17.4 Å². The smallest absolute Gasteiger partial charge is 0.271 e. The molecule has 2 aliphatic rings. The number of ketones is 1. The van der Waals surface area contributed by atoms with Gasteiger partial charge in [-0.05, 0) is 30.4 Å². The summed E-state index contributed by atoms with van der Waals surface area (Å²) < 4.78 is 0. The third-order valence-corrected chi connectivity index (χ3v) is 5.60. The van der Waals surface area contributed by atoms with Crippen molar-refractivity contribution in [1.82, 2.24) is 5.43 Å². The number of nitrogens with zero attached hydrogens (tertiary/aromatic N) is 1. The van der Waals surface area contributed by atoms with Gasteiger partial charge in [0.15, 0.2) is 5.78 Å². The molecule has 2 fully saturated rings. The maximum Gasteiger partial charge on any atom is 0.271 e. The number of nitrogens with one attached hydrogen (secondary N) is 1. The van der Waals surface area contributed by atoms with E-state index in [9.17, 15) is 9.59 Å². The molecule has 0 aliphatic heterocycles. The molecule has 1 amide bonds. The van der Waals surface area contributed by atoms with Gasteiger partial charge < -0.3 is 0 Å². The van der Waals surface area contributed by atoms with Crippen LogP contribution in [0.3, 0.4) is 0 Å². The lowest BCUT2D eigenvalue weighted by Crippen LogP contribution is -2.34. The van der Waals surface area contributed by atoms with E-state index in [0.717, 1.165) is 12.8 Å². The molecule has 110 valence electrons. The monoisotopic (exact) mass is 284 g/mol. The number of hydrogen-bond acceptors (Lipinski definition) is 3. The average molecular weight is 284 g/mol. The predicted octanol–water partition coefficient (Wildman–Crippen LogP) is 2.80. The largest absolute Gasteiger partial charge is 0.292 e. The van der Waals surface area contributed by atoms with Crippen LogP contribution in [0.2, 0.25) is 0 Å². The molecular weight excluding hydrogens is 264 g/mol. The highest BCUT2D eigenvalue weighted by atomic mass is 16.2. The predicted molar refractivity (Wildman–Crippen MR) is 81.0 cm³/mol. The van der Waals surface area contributed by atoms with Crippen LogP contribution >= 0.6 is 0 Å². The number of rotatable bonds is 2. The van der Waals surface area contributed by atoms with Gasteiger partial charge in [-0.25, -0.2) is 5.43 Å². The zero-order valence-electron chi connectivity index (χ0n) is 12.6. The number of fused-ring (bicyclic) bond motifs is 2. The Morgan fingerprint density at radius 2 is 1.90 bits per heavy atom. The van der Waals surface area contributed by atoms with E-state index < -0.39 is 0 Å².